The van der Waals surface area contributed by atoms with Crippen molar-refractivity contribution in [2.24, 2.45) is 5.41 Å². The van der Waals surface area contributed by atoms with Crippen molar-refractivity contribution in [3.8, 4) is 0 Å². The van der Waals surface area contributed by atoms with E-state index < -0.39 is 76.5 Å². The minimum Gasteiger partial charge on any atom is -0.380 e. The number of piperidine rings is 1. The molecule has 15 nitrogen and oxygen atoms in total. The normalized spacial score (nSPS) is 19.3. The lowest BCUT2D eigenvalue weighted by atomic mass is 9.73. The van der Waals surface area contributed by atoms with Gasteiger partial charge in [-0.25, -0.2) is 26.5 Å². The summed E-state index contributed by atoms with van der Waals surface area (Å²) in [7, 11) is -11.1. The summed E-state index contributed by atoms with van der Waals surface area (Å²) < 4.78 is 114. The van der Waals surface area contributed by atoms with E-state index in [1.165, 1.54) is 46.8 Å². The molecule has 5 aromatic rings. The van der Waals surface area contributed by atoms with Gasteiger partial charge in [-0.05, 0) is 127 Å². The molecule has 0 bridgehead atoms. The Morgan fingerprint density at radius 2 is 1.51 bits per heavy atom. The van der Waals surface area contributed by atoms with E-state index in [9.17, 15) is 48.8 Å². The average Bonchev–Trinajstić information content (AvgIpc) is 3.48. The summed E-state index contributed by atoms with van der Waals surface area (Å²) in [4.78, 5) is 49.2. The van der Waals surface area contributed by atoms with Gasteiger partial charge in [0.15, 0.2) is 0 Å². The number of sulfone groups is 1. The van der Waals surface area contributed by atoms with Crippen molar-refractivity contribution in [3.63, 3.8) is 0 Å². The van der Waals surface area contributed by atoms with Gasteiger partial charge < -0.3 is 15.1 Å². The van der Waals surface area contributed by atoms with Crippen molar-refractivity contribution in [1.82, 2.24) is 29.7 Å². The lowest BCUT2D eigenvalue weighted by Gasteiger charge is -2.39. The van der Waals surface area contributed by atoms with Crippen LogP contribution in [0.4, 0.5) is 28.9 Å². The zero-order valence-electron chi connectivity index (χ0n) is 45.0. The molecule has 3 amide bonds. The monoisotopic (exact) mass is 1190 g/mol. The first kappa shape index (κ1) is 59.7. The number of nitrogens with zero attached hydrogens (tertiary/aromatic N) is 5. The number of imide groups is 1. The molecule has 3 aliphatic heterocycles. The number of rotatable bonds is 19. The smallest absolute Gasteiger partial charge is 0.380 e. The van der Waals surface area contributed by atoms with E-state index >= 15 is 0 Å². The molecule has 0 radical (unpaired) electrons. The van der Waals surface area contributed by atoms with E-state index in [1.807, 2.05) is 47.2 Å². The van der Waals surface area contributed by atoms with Crippen LogP contribution in [-0.2, 0) is 36.0 Å². The first-order chi connectivity index (χ1) is 38.5. The molecule has 0 spiro atoms. The largest absolute Gasteiger partial charge is 0.501 e. The SMILES string of the molecule is CC1(C)CCC(c2ccc(Cl)cc2)=C(CN2CCN(c3ccc(C(=O)NS(=O)(=O)c4ccc(N[C@H](CCN5CCN(Cc6cnc(F)c(C7CCC(=O)NC7=O)c6)CC5)CSc5ccccc5)c(S(=O)(=O)C(F)(F)F)c4)cc3)CC2)C1. The number of alkyl halides is 3. The lowest BCUT2D eigenvalue weighted by Crippen LogP contribution is -2.47. The molecular formula is C58H65ClF4N8O7S3. The molecule has 1 aromatic heterocycles. The number of hydrogen-bond acceptors (Lipinski definition) is 14. The molecule has 4 aromatic carbocycles. The van der Waals surface area contributed by atoms with Crippen LogP contribution in [-0.4, -0.2) is 137 Å². The zero-order valence-corrected chi connectivity index (χ0v) is 48.2. The second-order valence-corrected chi connectivity index (χ2v) is 27.0. The number of thioether (sulfide) groups is 1. The number of sulfonamides is 1. The molecule has 3 fully saturated rings. The molecule has 1 unspecified atom stereocenters. The fraction of sp³-hybridized carbons (Fsp3) is 0.414. The molecule has 81 heavy (non-hydrogen) atoms. The summed E-state index contributed by atoms with van der Waals surface area (Å²) >= 11 is 7.61. The third-order valence-corrected chi connectivity index (χ3v) is 19.8. The predicted molar refractivity (Wildman–Crippen MR) is 306 cm³/mol. The highest BCUT2D eigenvalue weighted by Crippen LogP contribution is 2.43. The van der Waals surface area contributed by atoms with E-state index in [0.29, 0.717) is 75.4 Å². The van der Waals surface area contributed by atoms with E-state index in [-0.39, 0.29) is 35.1 Å². The van der Waals surface area contributed by atoms with Gasteiger partial charge in [0.05, 0.1) is 16.5 Å². The lowest BCUT2D eigenvalue weighted by molar-refractivity contribution is -0.134. The van der Waals surface area contributed by atoms with Crippen LogP contribution in [0.25, 0.3) is 5.57 Å². The second kappa shape index (κ2) is 25.3. The summed E-state index contributed by atoms with van der Waals surface area (Å²) in [5, 5.41) is 5.97. The molecule has 3 saturated heterocycles. The van der Waals surface area contributed by atoms with Gasteiger partial charge in [-0.1, -0.05) is 61.4 Å². The number of hydrogen-bond donors (Lipinski definition) is 3. The Kier molecular flexibility index (Phi) is 18.7. The maximum Gasteiger partial charge on any atom is 0.501 e. The molecule has 23 heteroatoms. The summed E-state index contributed by atoms with van der Waals surface area (Å²) in [5.74, 6) is -3.33. The van der Waals surface area contributed by atoms with E-state index in [0.717, 1.165) is 61.6 Å². The molecular weight excluding hydrogens is 1130 g/mol. The minimum atomic E-state index is -6.15. The highest BCUT2D eigenvalue weighted by Gasteiger charge is 2.48. The molecule has 9 rings (SSSR count). The van der Waals surface area contributed by atoms with Crippen LogP contribution in [0.1, 0.15) is 85.3 Å². The van der Waals surface area contributed by atoms with E-state index in [4.69, 9.17) is 11.6 Å². The van der Waals surface area contributed by atoms with Crippen LogP contribution in [0.2, 0.25) is 5.02 Å². The Hall–Kier alpha value is -5.88. The average molecular weight is 1190 g/mol. The van der Waals surface area contributed by atoms with Gasteiger partial charge in [0, 0.05) is 123 Å². The molecule has 0 saturated carbocycles. The maximum absolute atomic E-state index is 14.8. The van der Waals surface area contributed by atoms with Crippen LogP contribution in [0, 0.1) is 11.4 Å². The first-order valence-electron chi connectivity index (χ1n) is 26.9. The Labute approximate surface area is 479 Å². The van der Waals surface area contributed by atoms with Crippen LogP contribution in [0.3, 0.4) is 0 Å². The predicted octanol–water partition coefficient (Wildman–Crippen LogP) is 9.37. The standard InChI is InChI=1S/C58H65ClF4N8O7S3/c1-57(2)22-20-48(40-8-12-43(59)13-9-40)42(34-57)37-70-28-30-71(31-29-70)45-14-10-41(11-15-45)55(73)67-81(77,78)47-16-18-51(52(33-47)80(75,76)58(61,62)63)65-44(38-79-46-6-4-3-5-7-46)21-23-68-24-26-69(27-25-68)36-39-32-50(54(60)64-35-39)49-17-19-53(72)66-56(49)74/h3-16,18,32-33,35,44,49,65H,17,19-31,34,36-38H2,1-2H3,(H,67,73)(H,66,72,74)/t44-,49?/m1/s1. The van der Waals surface area contributed by atoms with Crippen molar-refractivity contribution in [2.75, 3.05) is 81.4 Å². The Morgan fingerprint density at radius 3 is 2.19 bits per heavy atom. The van der Waals surface area contributed by atoms with Crippen LogP contribution in [0.5, 0.6) is 0 Å². The quantitative estimate of drug-likeness (QED) is 0.0308. The van der Waals surface area contributed by atoms with Gasteiger partial charge in [-0.2, -0.15) is 17.6 Å². The van der Waals surface area contributed by atoms with Crippen LogP contribution in [0.15, 0.2) is 130 Å². The molecule has 3 N–H and O–H groups in total. The fourth-order valence-electron chi connectivity index (χ4n) is 10.9. The Bertz CT molecular complexity index is 3360. The third kappa shape index (κ3) is 15.0. The summed E-state index contributed by atoms with van der Waals surface area (Å²) in [5.41, 5.74) is -0.434. The second-order valence-electron chi connectivity index (χ2n) is 21.9. The number of anilines is 2. The Morgan fingerprint density at radius 1 is 0.840 bits per heavy atom. The van der Waals surface area contributed by atoms with Crippen molar-refractivity contribution < 1.29 is 48.8 Å². The minimum absolute atomic E-state index is 0.0325. The number of allylic oxidation sites excluding steroid dienone is 1. The number of carbonyl (C=O) groups is 3. The number of aromatic nitrogens is 1. The molecule has 432 valence electrons. The number of carbonyl (C=O) groups excluding carboxylic acids is 3. The van der Waals surface area contributed by atoms with Gasteiger partial charge in [0.2, 0.25) is 17.8 Å². The van der Waals surface area contributed by atoms with Crippen LogP contribution < -0.4 is 20.3 Å². The zero-order chi connectivity index (χ0) is 57.7. The number of nitrogens with one attached hydrogen (secondary N) is 3. The number of piperazine rings is 2. The van der Waals surface area contributed by atoms with Gasteiger partial charge in [0.1, 0.15) is 4.90 Å². The van der Waals surface area contributed by atoms with Crippen molar-refractivity contribution in [2.45, 2.75) is 91.1 Å². The molecule has 4 heterocycles. The van der Waals surface area contributed by atoms with Gasteiger partial charge in [-0.3, -0.25) is 29.5 Å². The van der Waals surface area contributed by atoms with Gasteiger partial charge in [-0.15, -0.1) is 11.8 Å². The number of halogens is 5. The first-order valence-corrected chi connectivity index (χ1v) is 31.3. The van der Waals surface area contributed by atoms with Crippen molar-refractivity contribution in [1.29, 1.82) is 0 Å². The highest BCUT2D eigenvalue weighted by atomic mass is 35.5. The summed E-state index contributed by atoms with van der Waals surface area (Å²) in [6, 6.07) is 27.0. The fourth-order valence-corrected chi connectivity index (χ4v) is 14.1. The summed E-state index contributed by atoms with van der Waals surface area (Å²) in [6.45, 7) is 11.7. The Balaban J connectivity index is 0.835. The maximum atomic E-state index is 14.8. The van der Waals surface area contributed by atoms with E-state index in [2.05, 4.69) is 61.2 Å². The number of benzene rings is 4. The van der Waals surface area contributed by atoms with Crippen LogP contribution >= 0.6 is 23.4 Å². The molecule has 1 aliphatic carbocycles. The molecule has 2 atom stereocenters. The van der Waals surface area contributed by atoms with Crippen molar-refractivity contribution in [3.05, 3.63) is 148 Å². The summed E-state index contributed by atoms with van der Waals surface area (Å²) in [6.07, 6.45) is 5.14. The molecule has 4 aliphatic rings. The van der Waals surface area contributed by atoms with Gasteiger partial charge >= 0.3 is 5.51 Å². The highest BCUT2D eigenvalue weighted by molar-refractivity contribution is 7.99. The van der Waals surface area contributed by atoms with Gasteiger partial charge in [0.25, 0.3) is 25.8 Å². The topological polar surface area (TPSA) is 181 Å². The van der Waals surface area contributed by atoms with Crippen molar-refractivity contribution >= 4 is 77.9 Å². The number of pyridine rings is 1. The number of amides is 3. The third-order valence-electron chi connectivity index (χ3n) is 15.5. The van der Waals surface area contributed by atoms with E-state index in [1.54, 1.807) is 18.2 Å².